The van der Waals surface area contributed by atoms with E-state index in [1.165, 1.54) is 6.92 Å². The van der Waals surface area contributed by atoms with Crippen molar-refractivity contribution in [2.75, 3.05) is 26.7 Å². The summed E-state index contributed by atoms with van der Waals surface area (Å²) in [6.45, 7) is 2.91. The third-order valence-electron chi connectivity index (χ3n) is 10.4. The van der Waals surface area contributed by atoms with Gasteiger partial charge in [0.25, 0.3) is 0 Å². The summed E-state index contributed by atoms with van der Waals surface area (Å²) in [6, 6.07) is -4.19. The number of urea groups is 1. The maximum absolute atomic E-state index is 13.1. The minimum Gasteiger partial charge on any atom is -0.481 e. The van der Waals surface area contributed by atoms with Crippen LogP contribution in [0.1, 0.15) is 122 Å². The van der Waals surface area contributed by atoms with Crippen LogP contribution >= 0.6 is 0 Å². The first-order valence-electron chi connectivity index (χ1n) is 20.1. The quantitative estimate of drug-likeness (QED) is 0.0439. The topological polar surface area (TPSA) is 312 Å². The van der Waals surface area contributed by atoms with Crippen LogP contribution in [-0.2, 0) is 43.2 Å². The SMILES string of the molecule is CNCCCCC(CC(=O)C(CCC(=O)O)CC(=O)CCCCNC(=O)C1CCC(CNC(=O)CCC(NC(=O)NC(CCC(=O)O)C(=O)O)C(=O)O)CC1)C(C)=O. The summed E-state index contributed by atoms with van der Waals surface area (Å²) in [5.41, 5.74) is 0. The Kier molecular flexibility index (Phi) is 25.1. The van der Waals surface area contributed by atoms with Crippen molar-refractivity contribution in [2.24, 2.45) is 23.7 Å². The Hall–Kier alpha value is -4.94. The second kappa shape index (κ2) is 28.5. The summed E-state index contributed by atoms with van der Waals surface area (Å²) in [5, 5.41) is 49.3. The molecule has 4 amide bonds. The first kappa shape index (κ1) is 51.1. The Morgan fingerprint density at radius 2 is 1.17 bits per heavy atom. The molecule has 0 aromatic carbocycles. The molecule has 1 rings (SSSR count). The monoisotopic (exact) mass is 825 g/mol. The van der Waals surface area contributed by atoms with Gasteiger partial charge in [-0.1, -0.05) is 6.42 Å². The third kappa shape index (κ3) is 22.7. The molecule has 4 unspecified atom stereocenters. The van der Waals surface area contributed by atoms with Crippen LogP contribution < -0.4 is 26.6 Å². The van der Waals surface area contributed by atoms with Crippen LogP contribution in [0.4, 0.5) is 4.79 Å². The van der Waals surface area contributed by atoms with E-state index < -0.39 is 72.6 Å². The summed E-state index contributed by atoms with van der Waals surface area (Å²) in [5.74, 6) is -7.69. The molecule has 0 aromatic heterocycles. The largest absolute Gasteiger partial charge is 0.481 e. The molecule has 19 heteroatoms. The summed E-state index contributed by atoms with van der Waals surface area (Å²) < 4.78 is 0. The lowest BCUT2D eigenvalue weighted by molar-refractivity contribution is -0.141. The van der Waals surface area contributed by atoms with E-state index in [4.69, 9.17) is 5.11 Å². The van der Waals surface area contributed by atoms with Crippen LogP contribution in [0.3, 0.4) is 0 Å². The average molecular weight is 826 g/mol. The average Bonchev–Trinajstić information content (AvgIpc) is 3.16. The number of hydrogen-bond acceptors (Lipinski definition) is 11. The number of ketones is 3. The summed E-state index contributed by atoms with van der Waals surface area (Å²) in [6.07, 6.45) is 4.12. The fourth-order valence-corrected chi connectivity index (χ4v) is 6.80. The van der Waals surface area contributed by atoms with Crippen molar-refractivity contribution >= 4 is 59.1 Å². The highest BCUT2D eigenvalue weighted by Gasteiger charge is 2.29. The molecule has 1 fully saturated rings. The molecule has 0 aromatic rings. The predicted molar refractivity (Wildman–Crippen MR) is 207 cm³/mol. The van der Waals surface area contributed by atoms with Crippen LogP contribution in [0.5, 0.6) is 0 Å². The Morgan fingerprint density at radius 1 is 0.603 bits per heavy atom. The first-order chi connectivity index (χ1) is 27.4. The fraction of sp³-hybridized carbons (Fsp3) is 0.744. The van der Waals surface area contributed by atoms with Crippen molar-refractivity contribution in [1.29, 1.82) is 0 Å². The van der Waals surface area contributed by atoms with Gasteiger partial charge in [-0.2, -0.15) is 0 Å². The van der Waals surface area contributed by atoms with Crippen molar-refractivity contribution in [3.05, 3.63) is 0 Å². The third-order valence-corrected chi connectivity index (χ3v) is 10.4. The number of carboxylic acid groups (broad SMARTS) is 4. The van der Waals surface area contributed by atoms with E-state index in [2.05, 4.69) is 21.3 Å². The number of amides is 4. The van der Waals surface area contributed by atoms with Crippen LogP contribution in [0.15, 0.2) is 0 Å². The zero-order valence-corrected chi connectivity index (χ0v) is 33.7. The smallest absolute Gasteiger partial charge is 0.326 e. The second-order valence-corrected chi connectivity index (χ2v) is 15.1. The van der Waals surface area contributed by atoms with E-state index >= 15 is 0 Å². The minimum atomic E-state index is -1.55. The van der Waals surface area contributed by atoms with E-state index in [0.29, 0.717) is 58.0 Å². The molecule has 0 aliphatic heterocycles. The highest BCUT2D eigenvalue weighted by molar-refractivity contribution is 5.91. The summed E-state index contributed by atoms with van der Waals surface area (Å²) >= 11 is 0. The summed E-state index contributed by atoms with van der Waals surface area (Å²) in [7, 11) is 1.83. The maximum Gasteiger partial charge on any atom is 0.326 e. The second-order valence-electron chi connectivity index (χ2n) is 15.1. The number of carbonyl (C=O) groups excluding carboxylic acids is 6. The highest BCUT2D eigenvalue weighted by atomic mass is 16.4. The van der Waals surface area contributed by atoms with Gasteiger partial charge in [-0.3, -0.25) is 33.6 Å². The van der Waals surface area contributed by atoms with Crippen molar-refractivity contribution < 1.29 is 68.4 Å². The van der Waals surface area contributed by atoms with Crippen LogP contribution in [-0.4, -0.2) is 118 Å². The molecule has 0 heterocycles. The highest BCUT2D eigenvalue weighted by Crippen LogP contribution is 2.29. The molecule has 1 aliphatic carbocycles. The minimum absolute atomic E-state index is 0.00771. The van der Waals surface area contributed by atoms with Gasteiger partial charge in [0.15, 0.2) is 0 Å². The van der Waals surface area contributed by atoms with Crippen molar-refractivity contribution in [3.63, 3.8) is 0 Å². The number of hydrogen-bond donors (Lipinski definition) is 9. The number of aliphatic carboxylic acids is 4. The van der Waals surface area contributed by atoms with E-state index in [1.54, 1.807) is 0 Å². The lowest BCUT2D eigenvalue weighted by Gasteiger charge is -2.28. The molecule has 4 atom stereocenters. The molecule has 0 bridgehead atoms. The van der Waals surface area contributed by atoms with Gasteiger partial charge in [0.1, 0.15) is 29.4 Å². The van der Waals surface area contributed by atoms with Gasteiger partial charge in [-0.05, 0) is 97.1 Å². The van der Waals surface area contributed by atoms with Gasteiger partial charge < -0.3 is 47.0 Å². The van der Waals surface area contributed by atoms with Gasteiger partial charge in [0, 0.05) is 69.4 Å². The molecule has 328 valence electrons. The van der Waals surface area contributed by atoms with Crippen LogP contribution in [0.2, 0.25) is 0 Å². The molecule has 0 radical (unpaired) electrons. The zero-order chi connectivity index (χ0) is 43.6. The lowest BCUT2D eigenvalue weighted by Crippen LogP contribution is -2.51. The molecular weight excluding hydrogens is 762 g/mol. The van der Waals surface area contributed by atoms with E-state index in [1.807, 2.05) is 12.4 Å². The maximum atomic E-state index is 13.1. The summed E-state index contributed by atoms with van der Waals surface area (Å²) in [4.78, 5) is 120. The number of nitrogens with one attached hydrogen (secondary N) is 5. The normalized spacial score (nSPS) is 17.1. The Bertz CT molecular complexity index is 1410. The molecule has 58 heavy (non-hydrogen) atoms. The van der Waals surface area contributed by atoms with Crippen molar-refractivity contribution in [3.8, 4) is 0 Å². The predicted octanol–water partition coefficient (Wildman–Crippen LogP) is 2.04. The van der Waals surface area contributed by atoms with Crippen LogP contribution in [0.25, 0.3) is 0 Å². The molecule has 1 saturated carbocycles. The van der Waals surface area contributed by atoms with Gasteiger partial charge in [0.2, 0.25) is 11.8 Å². The van der Waals surface area contributed by atoms with E-state index in [0.717, 1.165) is 19.4 Å². The number of carbonyl (C=O) groups is 10. The van der Waals surface area contributed by atoms with Gasteiger partial charge in [0.05, 0.1) is 0 Å². The van der Waals surface area contributed by atoms with Gasteiger partial charge >= 0.3 is 29.9 Å². The van der Waals surface area contributed by atoms with Crippen molar-refractivity contribution in [2.45, 2.75) is 135 Å². The molecular formula is C39H63N5O14. The van der Waals surface area contributed by atoms with Crippen molar-refractivity contribution in [1.82, 2.24) is 26.6 Å². The number of unbranched alkanes of at least 4 members (excludes halogenated alkanes) is 2. The number of rotatable bonds is 32. The molecule has 0 saturated heterocycles. The fourth-order valence-electron chi connectivity index (χ4n) is 6.80. The van der Waals surface area contributed by atoms with Crippen LogP contribution in [0, 0.1) is 23.7 Å². The zero-order valence-electron chi connectivity index (χ0n) is 33.7. The Morgan fingerprint density at radius 3 is 1.72 bits per heavy atom. The van der Waals surface area contributed by atoms with E-state index in [9.17, 15) is 63.3 Å². The lowest BCUT2D eigenvalue weighted by atomic mass is 9.81. The molecule has 0 spiro atoms. The first-order valence-corrected chi connectivity index (χ1v) is 20.1. The molecule has 1 aliphatic rings. The number of Topliss-reactive ketones (excluding diaryl/α,β-unsaturated/α-hetero) is 3. The van der Waals surface area contributed by atoms with Gasteiger partial charge in [-0.15, -0.1) is 0 Å². The molecule has 19 nitrogen and oxygen atoms in total. The number of carboxylic acids is 4. The molecule has 9 N–H and O–H groups in total. The Balaban J connectivity index is 2.41. The standard InChI is InChI=1S/C39H63N5O14/c1-24(45)27(7-3-5-19-40-2)22-32(47)28(13-17-34(49)50)21-29(46)8-4-6-20-41-36(53)26-11-9-25(10-12-26)23-42-33(48)16-14-30(37(54)55)43-39(58)44-31(38(56)57)15-18-35(51)52/h25-28,30-31,40H,3-23H2,1-2H3,(H,41,53)(H,42,48)(H,49,50)(H,51,52)(H,54,55)(H,56,57)(H2,43,44,58). The van der Waals surface area contributed by atoms with E-state index in [-0.39, 0.29) is 80.0 Å². The van der Waals surface area contributed by atoms with Gasteiger partial charge in [-0.25, -0.2) is 14.4 Å². The Labute approximate surface area is 338 Å².